The minimum Gasteiger partial charge on any atom is -0.507 e. The lowest BCUT2D eigenvalue weighted by atomic mass is 10.1. The molecule has 2 aromatic carbocycles. The number of benzene rings is 3. The number of hydrogen-bond acceptors (Lipinski definition) is 2. The molecule has 0 heterocycles. The number of phenols is 1. The first-order chi connectivity index (χ1) is 12.8. The van der Waals surface area contributed by atoms with E-state index in [4.69, 9.17) is 4.74 Å². The van der Waals surface area contributed by atoms with Gasteiger partial charge in [0.25, 0.3) is 0 Å². The number of hydrogen-bond donors (Lipinski definition) is 1. The summed E-state index contributed by atoms with van der Waals surface area (Å²) in [6.45, 7) is 2.91. The topological polar surface area (TPSA) is 29.5 Å². The van der Waals surface area contributed by atoms with Crippen molar-refractivity contribution in [2.75, 3.05) is 6.61 Å². The van der Waals surface area contributed by atoms with Crippen molar-refractivity contribution < 1.29 is 9.84 Å². The second kappa shape index (κ2) is 9.10. The zero-order valence-corrected chi connectivity index (χ0v) is 15.2. The Morgan fingerprint density at radius 1 is 0.923 bits per heavy atom. The van der Waals surface area contributed by atoms with Crippen molar-refractivity contribution in [1.29, 1.82) is 0 Å². The molecular weight excluding hydrogens is 320 g/mol. The fraction of sp³-hybridized carbons (Fsp3) is 0.250. The summed E-state index contributed by atoms with van der Waals surface area (Å²) in [5, 5.41) is 10.1. The molecule has 1 N–H and O–H groups in total. The third-order valence-corrected chi connectivity index (χ3v) is 4.23. The summed E-state index contributed by atoms with van der Waals surface area (Å²) in [4.78, 5) is 0. The van der Waals surface area contributed by atoms with E-state index >= 15 is 0 Å². The quantitative estimate of drug-likeness (QED) is 0.399. The number of fused-ring (bicyclic) bond motifs is 1. The number of unbranched alkanes of at least 4 members (excludes halogenated alkanes) is 3. The van der Waals surface area contributed by atoms with E-state index in [0.717, 1.165) is 28.9 Å². The van der Waals surface area contributed by atoms with Crippen molar-refractivity contribution in [3.63, 3.8) is 0 Å². The summed E-state index contributed by atoms with van der Waals surface area (Å²) in [6, 6.07) is 25.4. The maximum absolute atomic E-state index is 10.1. The van der Waals surface area contributed by atoms with E-state index in [1.165, 1.54) is 24.8 Å². The highest BCUT2D eigenvalue weighted by Gasteiger charge is 2.17. The molecule has 0 spiro atoms. The SMILES string of the molecule is CCCCCCOc1ccc(-c2[c]c3cc-3c2)c(O)c1.[c]1ccccc1. The molecule has 0 aromatic heterocycles. The Morgan fingerprint density at radius 2 is 1.73 bits per heavy atom. The van der Waals surface area contributed by atoms with Crippen molar-refractivity contribution in [3.8, 4) is 33.8 Å². The van der Waals surface area contributed by atoms with Crippen LogP contribution >= 0.6 is 0 Å². The summed E-state index contributed by atoms with van der Waals surface area (Å²) < 4.78 is 5.66. The van der Waals surface area contributed by atoms with Crippen molar-refractivity contribution in [3.05, 3.63) is 72.8 Å². The van der Waals surface area contributed by atoms with Crippen LogP contribution in [0.1, 0.15) is 32.6 Å². The maximum atomic E-state index is 10.1. The van der Waals surface area contributed by atoms with Crippen molar-refractivity contribution in [2.45, 2.75) is 32.6 Å². The highest BCUT2D eigenvalue weighted by atomic mass is 16.5. The van der Waals surface area contributed by atoms with Crippen LogP contribution < -0.4 is 4.74 Å². The number of phenolic OH excluding ortho intramolecular Hbond substituents is 1. The van der Waals surface area contributed by atoms with Gasteiger partial charge in [0.1, 0.15) is 11.5 Å². The predicted molar refractivity (Wildman–Crippen MR) is 106 cm³/mol. The molecule has 2 aliphatic carbocycles. The Hall–Kier alpha value is -2.74. The minimum absolute atomic E-state index is 0.261. The van der Waals surface area contributed by atoms with Crippen LogP contribution in [0, 0.1) is 12.1 Å². The second-order valence-corrected chi connectivity index (χ2v) is 6.36. The summed E-state index contributed by atoms with van der Waals surface area (Å²) in [5.41, 5.74) is 4.18. The molecule has 2 nitrogen and oxygen atoms in total. The van der Waals surface area contributed by atoms with E-state index < -0.39 is 0 Å². The Kier molecular flexibility index (Phi) is 6.32. The van der Waals surface area contributed by atoms with Gasteiger partial charge in [-0.3, -0.25) is 0 Å². The van der Waals surface area contributed by atoms with Gasteiger partial charge in [-0.1, -0.05) is 56.5 Å². The molecule has 0 fully saturated rings. The van der Waals surface area contributed by atoms with E-state index in [-0.39, 0.29) is 5.75 Å². The molecule has 0 saturated carbocycles. The normalized spacial score (nSPS) is 10.7. The van der Waals surface area contributed by atoms with Crippen LogP contribution in [-0.4, -0.2) is 11.7 Å². The van der Waals surface area contributed by atoms with Gasteiger partial charge in [0.05, 0.1) is 6.61 Å². The Morgan fingerprint density at radius 3 is 2.31 bits per heavy atom. The monoisotopic (exact) mass is 344 g/mol. The minimum atomic E-state index is 0.261. The highest BCUT2D eigenvalue weighted by molar-refractivity contribution is 5.89. The van der Waals surface area contributed by atoms with Crippen LogP contribution in [0.4, 0.5) is 0 Å². The maximum Gasteiger partial charge on any atom is 0.127 e. The van der Waals surface area contributed by atoms with Crippen LogP contribution in [0.5, 0.6) is 11.5 Å². The molecule has 0 amide bonds. The van der Waals surface area contributed by atoms with Gasteiger partial charge in [-0.25, -0.2) is 0 Å². The molecule has 2 radical (unpaired) electrons. The molecule has 2 aromatic rings. The van der Waals surface area contributed by atoms with Crippen LogP contribution in [-0.2, 0) is 0 Å². The first-order valence-corrected chi connectivity index (χ1v) is 9.23. The lowest BCUT2D eigenvalue weighted by molar-refractivity contribution is 0.303. The fourth-order valence-corrected chi connectivity index (χ4v) is 2.72. The number of ether oxygens (including phenoxy) is 1. The van der Waals surface area contributed by atoms with E-state index in [1.54, 1.807) is 6.07 Å². The zero-order valence-electron chi connectivity index (χ0n) is 15.2. The molecule has 2 heteroatoms. The van der Waals surface area contributed by atoms with Crippen LogP contribution in [0.3, 0.4) is 0 Å². The molecule has 4 rings (SSSR count). The van der Waals surface area contributed by atoms with Gasteiger partial charge in [-0.05, 0) is 59.5 Å². The molecule has 132 valence electrons. The van der Waals surface area contributed by atoms with Gasteiger partial charge in [-0.15, -0.1) is 0 Å². The smallest absolute Gasteiger partial charge is 0.127 e. The molecule has 0 aliphatic heterocycles. The van der Waals surface area contributed by atoms with Gasteiger partial charge in [0.15, 0.2) is 0 Å². The molecule has 2 aliphatic rings. The third-order valence-electron chi connectivity index (χ3n) is 4.23. The summed E-state index contributed by atoms with van der Waals surface area (Å²) in [6.07, 6.45) is 4.75. The van der Waals surface area contributed by atoms with Crippen LogP contribution in [0.2, 0.25) is 0 Å². The molecular formula is C24H24O2. The van der Waals surface area contributed by atoms with Crippen molar-refractivity contribution in [1.82, 2.24) is 0 Å². The predicted octanol–water partition coefficient (Wildman–Crippen LogP) is 6.29. The van der Waals surface area contributed by atoms with Gasteiger partial charge in [0.2, 0.25) is 0 Å². The van der Waals surface area contributed by atoms with Gasteiger partial charge in [0, 0.05) is 11.6 Å². The van der Waals surface area contributed by atoms with E-state index in [9.17, 15) is 5.11 Å². The number of rotatable bonds is 7. The van der Waals surface area contributed by atoms with Crippen molar-refractivity contribution >= 4 is 0 Å². The summed E-state index contributed by atoms with van der Waals surface area (Å²) >= 11 is 0. The molecule has 0 bridgehead atoms. The van der Waals surface area contributed by atoms with Gasteiger partial charge >= 0.3 is 0 Å². The average Bonchev–Trinajstić information content (AvgIpc) is 3.29. The Bertz CT molecular complexity index is 778. The first-order valence-electron chi connectivity index (χ1n) is 9.23. The molecule has 0 unspecified atom stereocenters. The second-order valence-electron chi connectivity index (χ2n) is 6.36. The zero-order chi connectivity index (χ0) is 18.2. The van der Waals surface area contributed by atoms with Crippen molar-refractivity contribution in [2.24, 2.45) is 0 Å². The Balaban J connectivity index is 0.000000278. The summed E-state index contributed by atoms with van der Waals surface area (Å²) in [5.74, 6) is 0.996. The highest BCUT2D eigenvalue weighted by Crippen LogP contribution is 2.42. The third kappa shape index (κ3) is 5.13. The first kappa shape index (κ1) is 18.1. The lowest BCUT2D eigenvalue weighted by Gasteiger charge is -2.08. The Labute approximate surface area is 156 Å². The standard InChI is InChI=1S/C18H19O2.C6H5/c1-2-3-4-5-8-20-16-6-7-17(18(19)12-16)15-10-13-9-14(13)11-15;1-2-4-6-5-3-1/h6-7,9-10,12,19H,2-5,8H2,1H3;1-5H. The molecule has 0 atom stereocenters. The average molecular weight is 344 g/mol. The lowest BCUT2D eigenvalue weighted by Crippen LogP contribution is -1.97. The van der Waals surface area contributed by atoms with E-state index in [1.807, 2.05) is 42.5 Å². The van der Waals surface area contributed by atoms with Crippen LogP contribution in [0.15, 0.2) is 60.7 Å². The van der Waals surface area contributed by atoms with Crippen LogP contribution in [0.25, 0.3) is 22.3 Å². The van der Waals surface area contributed by atoms with E-state index in [0.29, 0.717) is 6.61 Å². The van der Waals surface area contributed by atoms with E-state index in [2.05, 4.69) is 31.2 Å². The van der Waals surface area contributed by atoms with Gasteiger partial charge in [-0.2, -0.15) is 0 Å². The molecule has 0 saturated heterocycles. The molecule has 26 heavy (non-hydrogen) atoms. The number of aromatic hydroxyl groups is 1. The summed E-state index contributed by atoms with van der Waals surface area (Å²) in [7, 11) is 0. The van der Waals surface area contributed by atoms with Gasteiger partial charge < -0.3 is 9.84 Å². The largest absolute Gasteiger partial charge is 0.507 e. The fourth-order valence-electron chi connectivity index (χ4n) is 2.72.